The molecular formula is C35H33F5N6O4S. The highest BCUT2D eigenvalue weighted by Crippen LogP contribution is 2.40. The average Bonchev–Trinajstić information content (AvgIpc) is 3.61. The molecule has 5 aromatic rings. The van der Waals surface area contributed by atoms with Crippen molar-refractivity contribution >= 4 is 40.2 Å². The number of rotatable bonds is 13. The molecule has 3 aromatic heterocycles. The fourth-order valence-corrected chi connectivity index (χ4v) is 6.08. The zero-order valence-corrected chi connectivity index (χ0v) is 28.6. The number of alkyl halides is 3. The summed E-state index contributed by atoms with van der Waals surface area (Å²) in [5, 5.41) is 7.40. The Bertz CT molecular complexity index is 2100. The number of pyridine rings is 1. The molecule has 0 atom stereocenters. The molecule has 0 saturated heterocycles. The Morgan fingerprint density at radius 1 is 0.980 bits per heavy atom. The van der Waals surface area contributed by atoms with Crippen molar-refractivity contribution in [1.82, 2.24) is 24.8 Å². The molecule has 10 nitrogen and oxygen atoms in total. The molecule has 3 heterocycles. The monoisotopic (exact) mass is 728 g/mol. The fraction of sp³-hybridized carbons (Fsp3) is 0.286. The third-order valence-corrected chi connectivity index (χ3v) is 8.89. The zero-order chi connectivity index (χ0) is 36.9. The number of hydrogen-bond donors (Lipinski definition) is 2. The number of aromatic nitrogens is 3. The first-order chi connectivity index (χ1) is 24.3. The molecule has 0 saturated carbocycles. The number of fused-ring (bicyclic) bond motifs is 1. The highest BCUT2D eigenvalue weighted by Gasteiger charge is 2.42. The summed E-state index contributed by atoms with van der Waals surface area (Å²) in [6, 6.07) is 11.4. The number of carbonyl (C=O) groups excluding carboxylic acids is 2. The van der Waals surface area contributed by atoms with E-state index in [-0.39, 0.29) is 40.3 Å². The molecule has 0 aliphatic carbocycles. The average molecular weight is 729 g/mol. The normalized spacial score (nSPS) is 11.6. The summed E-state index contributed by atoms with van der Waals surface area (Å²) in [7, 11) is 0. The number of amides is 1. The molecule has 0 radical (unpaired) electrons. The number of ether oxygens (including phenoxy) is 1. The van der Waals surface area contributed by atoms with E-state index in [2.05, 4.69) is 25.5 Å². The first-order valence-electron chi connectivity index (χ1n) is 15.9. The Morgan fingerprint density at radius 2 is 1.71 bits per heavy atom. The smallest absolute Gasteiger partial charge is 0.418 e. The van der Waals surface area contributed by atoms with Crippen LogP contribution in [0.5, 0.6) is 5.75 Å². The maximum absolute atomic E-state index is 15.2. The number of nitrogens with zero attached hydrogens (tertiary/aromatic N) is 4. The standard InChI is InChI=1S/C35H33F5N6O4S/c1-4-45(5-2)17-8-16-41-34-43-28(22-14-15-26(47)46(31(22)44-34)29-24(36)10-6-11-25(29)37)27-20(3)12-13-23(30(27)50-33(49)35(38,39)40)32(48)42-19-21-9-7-18-51-21/h6-7,9-15,18H,4-5,8,16-17,19H2,1-3H3,(H,42,48)(H,41,43,44). The summed E-state index contributed by atoms with van der Waals surface area (Å²) < 4.78 is 77.0. The Kier molecular flexibility index (Phi) is 11.5. The molecule has 0 aliphatic heterocycles. The van der Waals surface area contributed by atoms with E-state index in [0.717, 1.165) is 42.2 Å². The van der Waals surface area contributed by atoms with Crippen LogP contribution in [0.2, 0.25) is 0 Å². The maximum atomic E-state index is 15.2. The van der Waals surface area contributed by atoms with Gasteiger partial charge in [0.1, 0.15) is 17.3 Å². The second kappa shape index (κ2) is 15.8. The lowest BCUT2D eigenvalue weighted by atomic mass is 9.97. The Hall–Kier alpha value is -5.22. The highest BCUT2D eigenvalue weighted by atomic mass is 32.1. The van der Waals surface area contributed by atoms with E-state index in [1.54, 1.807) is 17.5 Å². The number of thiophene rings is 1. The van der Waals surface area contributed by atoms with Crippen LogP contribution in [-0.4, -0.2) is 63.7 Å². The number of anilines is 1. The quantitative estimate of drug-likeness (QED) is 0.0600. The SMILES string of the molecule is CCN(CC)CCCNc1nc(-c2c(C)ccc(C(=O)NCc3cccs3)c2OC(=O)C(F)(F)F)c2ccc(=O)n(-c3c(F)cccc3F)c2n1. The van der Waals surface area contributed by atoms with Gasteiger partial charge in [0.25, 0.3) is 11.5 Å². The number of esters is 1. The van der Waals surface area contributed by atoms with Crippen LogP contribution in [-0.2, 0) is 11.3 Å². The molecule has 1 amide bonds. The molecule has 16 heteroatoms. The van der Waals surface area contributed by atoms with E-state index in [4.69, 9.17) is 4.74 Å². The summed E-state index contributed by atoms with van der Waals surface area (Å²) in [6.45, 7) is 8.17. The van der Waals surface area contributed by atoms with Crippen LogP contribution in [0.3, 0.4) is 0 Å². The molecule has 2 aromatic carbocycles. The first kappa shape index (κ1) is 37.0. The van der Waals surface area contributed by atoms with Gasteiger partial charge in [0.05, 0.1) is 17.8 Å². The minimum absolute atomic E-state index is 0.0326. The van der Waals surface area contributed by atoms with Crippen LogP contribution >= 0.6 is 11.3 Å². The van der Waals surface area contributed by atoms with Crippen LogP contribution in [0.1, 0.15) is 41.1 Å². The van der Waals surface area contributed by atoms with Crippen molar-refractivity contribution in [2.24, 2.45) is 0 Å². The summed E-state index contributed by atoms with van der Waals surface area (Å²) in [5.74, 6) is -6.53. The lowest BCUT2D eigenvalue weighted by molar-refractivity contribution is -0.189. The van der Waals surface area contributed by atoms with E-state index in [1.807, 2.05) is 13.8 Å². The lowest BCUT2D eigenvalue weighted by Gasteiger charge is -2.20. The molecular weight excluding hydrogens is 695 g/mol. The fourth-order valence-electron chi connectivity index (χ4n) is 5.43. The summed E-state index contributed by atoms with van der Waals surface area (Å²) >= 11 is 1.34. The number of halogens is 5. The third-order valence-electron chi connectivity index (χ3n) is 8.02. The van der Waals surface area contributed by atoms with E-state index in [9.17, 15) is 27.6 Å². The summed E-state index contributed by atoms with van der Waals surface area (Å²) in [6.07, 6.45) is -4.84. The molecule has 2 N–H and O–H groups in total. The summed E-state index contributed by atoms with van der Waals surface area (Å²) in [5.41, 5.74) is -2.50. The molecule has 0 unspecified atom stereocenters. The van der Waals surface area contributed by atoms with Crippen molar-refractivity contribution in [3.8, 4) is 22.7 Å². The van der Waals surface area contributed by atoms with Crippen molar-refractivity contribution < 1.29 is 36.3 Å². The molecule has 0 aliphatic rings. The number of aryl methyl sites for hydroxylation is 1. The van der Waals surface area contributed by atoms with Gasteiger partial charge >= 0.3 is 12.1 Å². The van der Waals surface area contributed by atoms with Gasteiger partial charge < -0.3 is 20.3 Å². The van der Waals surface area contributed by atoms with E-state index in [1.165, 1.54) is 36.5 Å². The predicted octanol–water partition coefficient (Wildman–Crippen LogP) is 6.64. The van der Waals surface area contributed by atoms with Gasteiger partial charge in [-0.25, -0.2) is 18.6 Å². The van der Waals surface area contributed by atoms with Crippen molar-refractivity contribution in [3.63, 3.8) is 0 Å². The van der Waals surface area contributed by atoms with Gasteiger partial charge in [-0.3, -0.25) is 14.2 Å². The topological polar surface area (TPSA) is 118 Å². The minimum Gasteiger partial charge on any atom is -0.418 e. The van der Waals surface area contributed by atoms with Gasteiger partial charge in [-0.2, -0.15) is 18.2 Å². The van der Waals surface area contributed by atoms with Gasteiger partial charge in [-0.15, -0.1) is 11.3 Å². The van der Waals surface area contributed by atoms with Crippen molar-refractivity contribution in [1.29, 1.82) is 0 Å². The Labute approximate surface area is 292 Å². The molecule has 268 valence electrons. The molecule has 0 spiro atoms. The van der Waals surface area contributed by atoms with Gasteiger partial charge in [-0.05, 0) is 74.3 Å². The largest absolute Gasteiger partial charge is 0.491 e. The van der Waals surface area contributed by atoms with Gasteiger partial charge in [0.15, 0.2) is 11.4 Å². The van der Waals surface area contributed by atoms with Crippen LogP contribution in [0.4, 0.5) is 27.9 Å². The number of hydrogen-bond acceptors (Lipinski definition) is 9. The van der Waals surface area contributed by atoms with E-state index in [0.29, 0.717) is 24.1 Å². The highest BCUT2D eigenvalue weighted by molar-refractivity contribution is 7.09. The van der Waals surface area contributed by atoms with Gasteiger partial charge in [-0.1, -0.05) is 32.0 Å². The maximum Gasteiger partial charge on any atom is 0.491 e. The number of carbonyl (C=O) groups is 2. The van der Waals surface area contributed by atoms with Crippen molar-refractivity contribution in [3.05, 3.63) is 98.0 Å². The van der Waals surface area contributed by atoms with Crippen LogP contribution in [0.25, 0.3) is 28.0 Å². The molecule has 5 rings (SSSR count). The van der Waals surface area contributed by atoms with Crippen LogP contribution in [0.15, 0.2) is 64.8 Å². The van der Waals surface area contributed by atoms with Crippen LogP contribution < -0.4 is 20.9 Å². The Balaban J connectivity index is 1.76. The Morgan fingerprint density at radius 3 is 2.35 bits per heavy atom. The number of benzene rings is 2. The zero-order valence-electron chi connectivity index (χ0n) is 27.7. The van der Waals surface area contributed by atoms with Crippen LogP contribution in [0, 0.1) is 18.6 Å². The number of para-hydroxylation sites is 1. The molecule has 0 bridgehead atoms. The second-order valence-corrected chi connectivity index (χ2v) is 12.3. The second-order valence-electron chi connectivity index (χ2n) is 11.3. The summed E-state index contributed by atoms with van der Waals surface area (Å²) in [4.78, 5) is 51.1. The van der Waals surface area contributed by atoms with Crippen molar-refractivity contribution in [2.45, 2.75) is 39.9 Å². The van der Waals surface area contributed by atoms with Gasteiger partial charge in [0, 0.05) is 28.4 Å². The van der Waals surface area contributed by atoms with E-state index < -0.39 is 52.2 Å². The van der Waals surface area contributed by atoms with Gasteiger partial charge in [0.2, 0.25) is 5.95 Å². The van der Waals surface area contributed by atoms with Crippen molar-refractivity contribution in [2.75, 3.05) is 31.5 Å². The molecule has 51 heavy (non-hydrogen) atoms. The minimum atomic E-state index is -5.44. The first-order valence-corrected chi connectivity index (χ1v) is 16.8. The number of nitrogens with one attached hydrogen (secondary N) is 2. The lowest BCUT2D eigenvalue weighted by Crippen LogP contribution is -2.30. The van der Waals surface area contributed by atoms with E-state index >= 15 is 8.78 Å². The third kappa shape index (κ3) is 8.23. The predicted molar refractivity (Wildman–Crippen MR) is 183 cm³/mol. The molecule has 0 fully saturated rings.